The molecule has 0 radical (unpaired) electrons. The standard InChI is InChI=1S/C13H15N3O3S.ClH/c17-12(8-20-13-14-3-4-15-13)16-9-1-2-10-11(7-9)19-6-5-18-10;/h1-2,7H,3-6,8H2,(H,14,15)(H,16,17);1H. The van der Waals surface area contributed by atoms with Gasteiger partial charge < -0.3 is 20.1 Å². The van der Waals surface area contributed by atoms with E-state index in [1.807, 2.05) is 0 Å². The molecule has 114 valence electrons. The van der Waals surface area contributed by atoms with Gasteiger partial charge in [-0.1, -0.05) is 11.8 Å². The number of ether oxygens (including phenoxy) is 2. The Labute approximate surface area is 133 Å². The van der Waals surface area contributed by atoms with Crippen molar-refractivity contribution in [2.45, 2.75) is 0 Å². The maximum Gasteiger partial charge on any atom is 0.234 e. The van der Waals surface area contributed by atoms with Gasteiger partial charge in [-0.25, -0.2) is 0 Å². The summed E-state index contributed by atoms with van der Waals surface area (Å²) in [5, 5.41) is 6.79. The van der Waals surface area contributed by atoms with Gasteiger partial charge in [0, 0.05) is 18.3 Å². The van der Waals surface area contributed by atoms with Gasteiger partial charge in [0.1, 0.15) is 13.2 Å². The lowest BCUT2D eigenvalue weighted by atomic mass is 10.2. The Morgan fingerprint density at radius 2 is 2.14 bits per heavy atom. The Balaban J connectivity index is 0.00000161. The van der Waals surface area contributed by atoms with Crippen LogP contribution in [-0.4, -0.2) is 43.1 Å². The van der Waals surface area contributed by atoms with Gasteiger partial charge in [-0.2, -0.15) is 0 Å². The molecule has 1 amide bonds. The number of carbonyl (C=O) groups excluding carboxylic acids is 1. The second kappa shape index (κ2) is 7.42. The highest BCUT2D eigenvalue weighted by Crippen LogP contribution is 2.32. The second-order valence-corrected chi connectivity index (χ2v) is 5.27. The van der Waals surface area contributed by atoms with E-state index in [1.54, 1.807) is 18.2 Å². The number of hydrogen-bond donors (Lipinski definition) is 2. The first-order valence-electron chi connectivity index (χ1n) is 6.42. The molecule has 1 aromatic rings. The molecule has 2 aliphatic heterocycles. The number of carbonyl (C=O) groups is 1. The van der Waals surface area contributed by atoms with E-state index in [9.17, 15) is 4.79 Å². The zero-order chi connectivity index (χ0) is 13.8. The van der Waals surface area contributed by atoms with Crippen molar-refractivity contribution in [1.29, 1.82) is 0 Å². The quantitative estimate of drug-likeness (QED) is 0.879. The minimum atomic E-state index is -0.0666. The van der Waals surface area contributed by atoms with Crippen LogP contribution in [0.15, 0.2) is 23.2 Å². The molecule has 0 atom stereocenters. The number of fused-ring (bicyclic) bond motifs is 1. The third-order valence-corrected chi connectivity index (χ3v) is 3.76. The summed E-state index contributed by atoms with van der Waals surface area (Å²) in [6, 6.07) is 5.39. The molecular formula is C13H16ClN3O3S. The summed E-state index contributed by atoms with van der Waals surface area (Å²) in [5.41, 5.74) is 0.709. The topological polar surface area (TPSA) is 72.0 Å². The molecule has 2 N–H and O–H groups in total. The summed E-state index contributed by atoms with van der Waals surface area (Å²) in [5.74, 6) is 1.65. The molecule has 2 heterocycles. The minimum Gasteiger partial charge on any atom is -0.486 e. The monoisotopic (exact) mass is 329 g/mol. The largest absolute Gasteiger partial charge is 0.486 e. The van der Waals surface area contributed by atoms with Gasteiger partial charge >= 0.3 is 0 Å². The summed E-state index contributed by atoms with van der Waals surface area (Å²) in [6.45, 7) is 2.73. The average Bonchev–Trinajstić information content (AvgIpc) is 2.98. The number of benzene rings is 1. The summed E-state index contributed by atoms with van der Waals surface area (Å²) < 4.78 is 10.9. The molecule has 2 aliphatic rings. The molecule has 0 aliphatic carbocycles. The number of thioether (sulfide) groups is 1. The molecule has 0 spiro atoms. The second-order valence-electron chi connectivity index (χ2n) is 4.31. The number of amides is 1. The molecule has 0 saturated carbocycles. The van der Waals surface area contributed by atoms with E-state index in [0.717, 1.165) is 18.3 Å². The van der Waals surface area contributed by atoms with Crippen LogP contribution >= 0.6 is 24.2 Å². The highest BCUT2D eigenvalue weighted by atomic mass is 35.5. The lowest BCUT2D eigenvalue weighted by molar-refractivity contribution is -0.113. The van der Waals surface area contributed by atoms with Crippen molar-refractivity contribution in [2.24, 2.45) is 4.99 Å². The van der Waals surface area contributed by atoms with E-state index < -0.39 is 0 Å². The highest BCUT2D eigenvalue weighted by molar-refractivity contribution is 8.14. The molecule has 0 saturated heterocycles. The predicted octanol–water partition coefficient (Wildman–Crippen LogP) is 1.51. The normalized spacial score (nSPS) is 15.5. The van der Waals surface area contributed by atoms with Crippen LogP contribution in [0.3, 0.4) is 0 Å². The van der Waals surface area contributed by atoms with Gasteiger partial charge in [-0.3, -0.25) is 9.79 Å². The number of hydrogen-bond acceptors (Lipinski definition) is 6. The highest BCUT2D eigenvalue weighted by Gasteiger charge is 2.13. The number of anilines is 1. The number of aliphatic imine (C=N–C) groups is 1. The Kier molecular flexibility index (Phi) is 5.58. The summed E-state index contributed by atoms with van der Waals surface area (Å²) in [7, 11) is 0. The molecule has 0 aromatic heterocycles. The van der Waals surface area contributed by atoms with E-state index in [0.29, 0.717) is 36.2 Å². The SMILES string of the molecule is Cl.O=C(CSC1=NCCN1)Nc1ccc2c(c1)OCCO2. The van der Waals surface area contributed by atoms with Crippen molar-refractivity contribution >= 4 is 40.9 Å². The zero-order valence-corrected chi connectivity index (χ0v) is 12.9. The van der Waals surface area contributed by atoms with Crippen LogP contribution in [-0.2, 0) is 4.79 Å². The summed E-state index contributed by atoms with van der Waals surface area (Å²) in [6.07, 6.45) is 0. The van der Waals surface area contributed by atoms with Crippen molar-refractivity contribution in [3.8, 4) is 11.5 Å². The smallest absolute Gasteiger partial charge is 0.234 e. The van der Waals surface area contributed by atoms with E-state index >= 15 is 0 Å². The van der Waals surface area contributed by atoms with Gasteiger partial charge in [0.15, 0.2) is 16.7 Å². The fraction of sp³-hybridized carbons (Fsp3) is 0.385. The van der Waals surface area contributed by atoms with Crippen LogP contribution in [0.2, 0.25) is 0 Å². The maximum absolute atomic E-state index is 11.9. The van der Waals surface area contributed by atoms with Gasteiger partial charge in [-0.05, 0) is 12.1 Å². The Hall–Kier alpha value is -1.60. The van der Waals surface area contributed by atoms with Crippen LogP contribution in [0.4, 0.5) is 5.69 Å². The first-order valence-corrected chi connectivity index (χ1v) is 7.40. The van der Waals surface area contributed by atoms with Gasteiger partial charge in [0.2, 0.25) is 5.91 Å². The van der Waals surface area contributed by atoms with E-state index in [1.165, 1.54) is 11.8 Å². The van der Waals surface area contributed by atoms with Crippen LogP contribution in [0, 0.1) is 0 Å². The molecule has 0 unspecified atom stereocenters. The van der Waals surface area contributed by atoms with Crippen LogP contribution in [0.5, 0.6) is 11.5 Å². The molecule has 1 aromatic carbocycles. The van der Waals surface area contributed by atoms with E-state index in [4.69, 9.17) is 9.47 Å². The third kappa shape index (κ3) is 4.18. The molecule has 6 nitrogen and oxygen atoms in total. The molecule has 21 heavy (non-hydrogen) atoms. The molecule has 3 rings (SSSR count). The first kappa shape index (κ1) is 15.8. The molecule has 0 fully saturated rings. The van der Waals surface area contributed by atoms with Crippen LogP contribution in [0.25, 0.3) is 0 Å². The fourth-order valence-electron chi connectivity index (χ4n) is 1.92. The first-order chi connectivity index (χ1) is 9.81. The van der Waals surface area contributed by atoms with Crippen molar-refractivity contribution in [3.63, 3.8) is 0 Å². The Morgan fingerprint density at radius 3 is 2.90 bits per heavy atom. The van der Waals surface area contributed by atoms with Crippen molar-refractivity contribution in [1.82, 2.24) is 5.32 Å². The minimum absolute atomic E-state index is 0. The van der Waals surface area contributed by atoms with Gasteiger partial charge in [0.25, 0.3) is 0 Å². The Bertz CT molecular complexity index is 553. The predicted molar refractivity (Wildman–Crippen MR) is 86.1 cm³/mol. The molecular weight excluding hydrogens is 314 g/mol. The van der Waals surface area contributed by atoms with E-state index in [2.05, 4.69) is 15.6 Å². The molecule has 8 heteroatoms. The number of rotatable bonds is 3. The third-order valence-electron chi connectivity index (χ3n) is 2.81. The lowest BCUT2D eigenvalue weighted by Crippen LogP contribution is -2.20. The fourth-order valence-corrected chi connectivity index (χ4v) is 2.65. The average molecular weight is 330 g/mol. The van der Waals surface area contributed by atoms with Gasteiger partial charge in [0.05, 0.1) is 12.3 Å². The number of nitrogens with zero attached hydrogens (tertiary/aromatic N) is 1. The van der Waals surface area contributed by atoms with Crippen LogP contribution in [0.1, 0.15) is 0 Å². The van der Waals surface area contributed by atoms with Crippen molar-refractivity contribution in [3.05, 3.63) is 18.2 Å². The number of halogens is 1. The Morgan fingerprint density at radius 1 is 1.33 bits per heavy atom. The number of amidine groups is 1. The molecule has 0 bridgehead atoms. The summed E-state index contributed by atoms with van der Waals surface area (Å²) in [4.78, 5) is 16.1. The van der Waals surface area contributed by atoms with Gasteiger partial charge in [-0.15, -0.1) is 12.4 Å². The zero-order valence-electron chi connectivity index (χ0n) is 11.3. The van der Waals surface area contributed by atoms with Crippen LogP contribution < -0.4 is 20.1 Å². The number of nitrogens with one attached hydrogen (secondary N) is 2. The van der Waals surface area contributed by atoms with Crippen molar-refractivity contribution < 1.29 is 14.3 Å². The maximum atomic E-state index is 11.9. The lowest BCUT2D eigenvalue weighted by Gasteiger charge is -2.19. The van der Waals surface area contributed by atoms with E-state index in [-0.39, 0.29) is 18.3 Å². The summed E-state index contributed by atoms with van der Waals surface area (Å²) >= 11 is 1.41. The van der Waals surface area contributed by atoms with Crippen molar-refractivity contribution in [2.75, 3.05) is 37.4 Å².